The lowest BCUT2D eigenvalue weighted by atomic mass is 10.0. The number of carboxylic acids is 1. The third-order valence-corrected chi connectivity index (χ3v) is 6.92. The first-order valence-corrected chi connectivity index (χ1v) is 12.7. The Bertz CT molecular complexity index is 1130. The summed E-state index contributed by atoms with van der Waals surface area (Å²) in [7, 11) is 1.57. The summed E-state index contributed by atoms with van der Waals surface area (Å²) < 4.78 is 17.0. The van der Waals surface area contributed by atoms with Crippen molar-refractivity contribution in [2.75, 3.05) is 33.4 Å². The Labute approximate surface area is 216 Å². The van der Waals surface area contributed by atoms with E-state index >= 15 is 0 Å². The number of benzene rings is 2. The average Bonchev–Trinajstić information content (AvgIpc) is 3.49. The van der Waals surface area contributed by atoms with Gasteiger partial charge in [-0.15, -0.1) is 0 Å². The highest BCUT2D eigenvalue weighted by Crippen LogP contribution is 2.33. The molecule has 2 aromatic carbocycles. The number of carbonyl (C=O) groups excluding carboxylic acids is 2. The van der Waals surface area contributed by atoms with Gasteiger partial charge in [-0.25, -0.2) is 0 Å². The van der Waals surface area contributed by atoms with Crippen LogP contribution in [0.1, 0.15) is 55.3 Å². The maximum absolute atomic E-state index is 11.8. The summed E-state index contributed by atoms with van der Waals surface area (Å²) in [6.07, 6.45) is 2.07. The highest BCUT2D eigenvalue weighted by atomic mass is 16.5. The molecule has 0 bridgehead atoms. The van der Waals surface area contributed by atoms with Crippen molar-refractivity contribution in [3.05, 3.63) is 53.1 Å². The van der Waals surface area contributed by atoms with Crippen molar-refractivity contribution >= 4 is 17.8 Å². The monoisotopic (exact) mass is 510 g/mol. The van der Waals surface area contributed by atoms with Crippen LogP contribution in [0.3, 0.4) is 0 Å². The van der Waals surface area contributed by atoms with Crippen LogP contribution >= 0.6 is 0 Å². The molecule has 198 valence electrons. The van der Waals surface area contributed by atoms with Crippen molar-refractivity contribution < 1.29 is 33.7 Å². The van der Waals surface area contributed by atoms with Crippen LogP contribution in [-0.4, -0.2) is 66.1 Å². The largest absolute Gasteiger partial charge is 0.493 e. The molecule has 0 radical (unpaired) electrons. The summed E-state index contributed by atoms with van der Waals surface area (Å²) in [6, 6.07) is 12.0. The molecule has 2 aliphatic rings. The standard InChI is InChI=1S/C28H34N2O7/c1-19(21-6-8-23-22(17-21)11-14-36-23)29(12-3-4-28(33)34)18-20-5-7-24(25(16-20)35-2)37-15-13-30-26(31)9-10-27(30)32/h5-8,16-17,19H,3-4,9-15,18H2,1-2H3,(H,33,34). The predicted octanol–water partition coefficient (Wildman–Crippen LogP) is 3.59. The summed E-state index contributed by atoms with van der Waals surface area (Å²) >= 11 is 0. The minimum absolute atomic E-state index is 0.0668. The average molecular weight is 511 g/mol. The van der Waals surface area contributed by atoms with E-state index in [4.69, 9.17) is 19.3 Å². The van der Waals surface area contributed by atoms with Gasteiger partial charge in [0.25, 0.3) is 0 Å². The number of hydrogen-bond donors (Lipinski definition) is 1. The van der Waals surface area contributed by atoms with Crippen LogP contribution in [0.15, 0.2) is 36.4 Å². The number of methoxy groups -OCH3 is 1. The summed E-state index contributed by atoms with van der Waals surface area (Å²) in [5, 5.41) is 9.14. The van der Waals surface area contributed by atoms with Gasteiger partial charge in [0, 0.05) is 38.3 Å². The summed E-state index contributed by atoms with van der Waals surface area (Å²) in [6.45, 7) is 4.46. The van der Waals surface area contributed by atoms with Gasteiger partial charge < -0.3 is 19.3 Å². The number of carbonyl (C=O) groups is 3. The first-order chi connectivity index (χ1) is 17.9. The minimum Gasteiger partial charge on any atom is -0.493 e. The molecule has 37 heavy (non-hydrogen) atoms. The Kier molecular flexibility index (Phi) is 8.66. The van der Waals surface area contributed by atoms with Gasteiger partial charge in [0.05, 0.1) is 20.3 Å². The molecule has 9 heteroatoms. The predicted molar refractivity (Wildman–Crippen MR) is 136 cm³/mol. The molecule has 1 atom stereocenters. The van der Waals surface area contributed by atoms with Gasteiger partial charge in [-0.3, -0.25) is 24.2 Å². The zero-order valence-electron chi connectivity index (χ0n) is 21.4. The molecule has 2 aromatic rings. The number of hydrogen-bond acceptors (Lipinski definition) is 7. The van der Waals surface area contributed by atoms with Gasteiger partial charge in [-0.1, -0.05) is 18.2 Å². The molecular weight excluding hydrogens is 476 g/mol. The zero-order chi connectivity index (χ0) is 26.4. The molecule has 1 fully saturated rings. The second kappa shape index (κ2) is 12.1. The van der Waals surface area contributed by atoms with Gasteiger partial charge in [0.1, 0.15) is 12.4 Å². The zero-order valence-corrected chi connectivity index (χ0v) is 21.4. The van der Waals surface area contributed by atoms with Crippen molar-refractivity contribution in [3.8, 4) is 17.2 Å². The fourth-order valence-corrected chi connectivity index (χ4v) is 4.80. The van der Waals surface area contributed by atoms with E-state index in [2.05, 4.69) is 24.0 Å². The molecule has 1 N–H and O–H groups in total. The molecule has 2 amide bonds. The smallest absolute Gasteiger partial charge is 0.303 e. The summed E-state index contributed by atoms with van der Waals surface area (Å²) in [5.41, 5.74) is 3.37. The Morgan fingerprint density at radius 2 is 1.89 bits per heavy atom. The van der Waals surface area contributed by atoms with E-state index in [0.717, 1.165) is 23.3 Å². The van der Waals surface area contributed by atoms with Crippen molar-refractivity contribution in [2.24, 2.45) is 0 Å². The second-order valence-corrected chi connectivity index (χ2v) is 9.38. The van der Waals surface area contributed by atoms with Gasteiger partial charge in [-0.2, -0.15) is 0 Å². The second-order valence-electron chi connectivity index (χ2n) is 9.38. The Hall–Kier alpha value is -3.59. The molecule has 0 saturated carbocycles. The highest BCUT2D eigenvalue weighted by molar-refractivity contribution is 6.01. The lowest BCUT2D eigenvalue weighted by molar-refractivity contribution is -0.139. The van der Waals surface area contributed by atoms with Crippen LogP contribution in [-0.2, 0) is 27.3 Å². The Morgan fingerprint density at radius 3 is 2.62 bits per heavy atom. The quantitative estimate of drug-likeness (QED) is 0.408. The third kappa shape index (κ3) is 6.60. The van der Waals surface area contributed by atoms with Crippen LogP contribution in [0.5, 0.6) is 17.2 Å². The first kappa shape index (κ1) is 26.5. The number of fused-ring (bicyclic) bond motifs is 1. The molecular formula is C28H34N2O7. The van der Waals surface area contributed by atoms with E-state index in [1.165, 1.54) is 10.5 Å². The number of carboxylic acid groups (broad SMARTS) is 1. The molecule has 1 saturated heterocycles. The topological polar surface area (TPSA) is 106 Å². The van der Waals surface area contributed by atoms with Crippen molar-refractivity contribution in [1.29, 1.82) is 0 Å². The van der Waals surface area contributed by atoms with Gasteiger partial charge in [0.2, 0.25) is 11.8 Å². The summed E-state index contributed by atoms with van der Waals surface area (Å²) in [4.78, 5) is 38.2. The van der Waals surface area contributed by atoms with Crippen molar-refractivity contribution in [3.63, 3.8) is 0 Å². The number of likely N-dealkylation sites (tertiary alicyclic amines) is 1. The molecule has 2 heterocycles. The van der Waals surface area contributed by atoms with Gasteiger partial charge in [0.15, 0.2) is 11.5 Å². The normalized spacial score (nSPS) is 15.6. The lowest BCUT2D eigenvalue weighted by Crippen LogP contribution is -2.33. The number of rotatable bonds is 13. The lowest BCUT2D eigenvalue weighted by Gasteiger charge is -2.30. The SMILES string of the molecule is COc1cc(CN(CCCC(=O)O)C(C)c2ccc3c(c2)CCO3)ccc1OCCN1C(=O)CCC1=O. The van der Waals surface area contributed by atoms with Crippen LogP contribution in [0.25, 0.3) is 0 Å². The van der Waals surface area contributed by atoms with E-state index in [1.807, 2.05) is 24.3 Å². The molecule has 0 spiro atoms. The summed E-state index contributed by atoms with van der Waals surface area (Å²) in [5.74, 6) is 0.904. The molecule has 1 unspecified atom stereocenters. The number of nitrogens with zero attached hydrogens (tertiary/aromatic N) is 2. The number of aliphatic carboxylic acids is 1. The fourth-order valence-electron chi connectivity index (χ4n) is 4.80. The number of imide groups is 1. The van der Waals surface area contributed by atoms with E-state index < -0.39 is 5.97 Å². The molecule has 0 aromatic heterocycles. The maximum atomic E-state index is 11.8. The Balaban J connectivity index is 1.44. The maximum Gasteiger partial charge on any atom is 0.303 e. The van der Waals surface area contributed by atoms with Crippen LogP contribution < -0.4 is 14.2 Å². The molecule has 9 nitrogen and oxygen atoms in total. The number of ether oxygens (including phenoxy) is 3. The van der Waals surface area contributed by atoms with Crippen LogP contribution in [0, 0.1) is 0 Å². The fraction of sp³-hybridized carbons (Fsp3) is 0.464. The van der Waals surface area contributed by atoms with Crippen LogP contribution in [0.4, 0.5) is 0 Å². The van der Waals surface area contributed by atoms with E-state index in [9.17, 15) is 14.4 Å². The Morgan fingerprint density at radius 1 is 1.11 bits per heavy atom. The molecule has 2 aliphatic heterocycles. The molecule has 4 rings (SSSR count). The van der Waals surface area contributed by atoms with Crippen molar-refractivity contribution in [1.82, 2.24) is 9.80 Å². The highest BCUT2D eigenvalue weighted by Gasteiger charge is 2.28. The number of amides is 2. The minimum atomic E-state index is -0.803. The van der Waals surface area contributed by atoms with E-state index in [1.54, 1.807) is 7.11 Å². The van der Waals surface area contributed by atoms with Gasteiger partial charge in [-0.05, 0) is 54.8 Å². The van der Waals surface area contributed by atoms with E-state index in [-0.39, 0.29) is 50.3 Å². The molecule has 0 aliphatic carbocycles. The third-order valence-electron chi connectivity index (χ3n) is 6.92. The van der Waals surface area contributed by atoms with Gasteiger partial charge >= 0.3 is 5.97 Å². The first-order valence-electron chi connectivity index (χ1n) is 12.7. The van der Waals surface area contributed by atoms with E-state index in [0.29, 0.717) is 37.6 Å². The van der Waals surface area contributed by atoms with Crippen molar-refractivity contribution in [2.45, 2.75) is 51.6 Å². The van der Waals surface area contributed by atoms with Crippen LogP contribution in [0.2, 0.25) is 0 Å².